The van der Waals surface area contributed by atoms with E-state index in [2.05, 4.69) is 0 Å². The molecule has 1 aromatic heterocycles. The van der Waals surface area contributed by atoms with Crippen LogP contribution < -0.4 is 15.1 Å². The molecule has 0 fully saturated rings. The van der Waals surface area contributed by atoms with Crippen molar-refractivity contribution in [1.29, 1.82) is 0 Å². The van der Waals surface area contributed by atoms with Gasteiger partial charge in [0.1, 0.15) is 22.6 Å². The van der Waals surface area contributed by atoms with Gasteiger partial charge in [0.25, 0.3) is 0 Å². The lowest BCUT2D eigenvalue weighted by Crippen LogP contribution is -2.22. The molecule has 0 spiro atoms. The number of allylic oxidation sites excluding steroid dienone is 1. The number of aromatic hydroxyl groups is 2. The lowest BCUT2D eigenvalue weighted by Gasteiger charge is -2.27. The molecule has 0 amide bonds. The van der Waals surface area contributed by atoms with E-state index in [1.165, 1.54) is 12.1 Å². The van der Waals surface area contributed by atoms with Crippen LogP contribution in [0.25, 0.3) is 17.2 Å². The van der Waals surface area contributed by atoms with E-state index in [1.807, 2.05) is 0 Å². The quantitative estimate of drug-likeness (QED) is 0.600. The second-order valence-electron chi connectivity index (χ2n) is 5.34. The number of phenolic OH excluding ortho intramolecular Hbond substituents is 2. The highest BCUT2D eigenvalue weighted by Gasteiger charge is 2.39. The van der Waals surface area contributed by atoms with Crippen molar-refractivity contribution in [2.45, 2.75) is 13.2 Å². The Kier molecular flexibility index (Phi) is 4.09. The fourth-order valence-electron chi connectivity index (χ4n) is 2.86. The number of phenols is 2. The smallest absolute Gasteiger partial charge is 0.348 e. The van der Waals surface area contributed by atoms with Gasteiger partial charge in [-0.1, -0.05) is 6.08 Å². The highest BCUT2D eigenvalue weighted by Crippen LogP contribution is 2.53. The summed E-state index contributed by atoms with van der Waals surface area (Å²) in [5.41, 5.74) is -2.73. The first-order valence-corrected chi connectivity index (χ1v) is 7.36. The van der Waals surface area contributed by atoms with Gasteiger partial charge in [0, 0.05) is 11.6 Å². The Labute approximate surface area is 146 Å². The van der Waals surface area contributed by atoms with Crippen molar-refractivity contribution in [2.24, 2.45) is 0 Å². The van der Waals surface area contributed by atoms with Crippen LogP contribution in [-0.2, 0) is 0 Å². The maximum absolute atomic E-state index is 12.4. The number of fused-ring (bicyclic) bond motifs is 3. The molecule has 26 heavy (non-hydrogen) atoms. The second kappa shape index (κ2) is 6.12. The second-order valence-corrected chi connectivity index (χ2v) is 5.34. The van der Waals surface area contributed by atoms with Crippen LogP contribution in [0, 0.1) is 0 Å². The molecule has 136 valence electrons. The topological polar surface area (TPSA) is 147 Å². The Morgan fingerprint density at radius 3 is 2.54 bits per heavy atom. The van der Waals surface area contributed by atoms with Crippen LogP contribution in [-0.4, -0.2) is 33.5 Å². The molecule has 2 aromatic rings. The number of ether oxygens (including phenoxy) is 2. The number of carboxylic acids is 1. The van der Waals surface area contributed by atoms with Gasteiger partial charge in [-0.3, -0.25) is 0 Å². The zero-order chi connectivity index (χ0) is 19.2. The molecule has 0 aliphatic carbocycles. The van der Waals surface area contributed by atoms with Gasteiger partial charge < -0.3 is 34.3 Å². The predicted octanol–water partition coefficient (Wildman–Crippen LogP) is 1.84. The molecule has 1 aromatic carbocycles. The van der Waals surface area contributed by atoms with Crippen molar-refractivity contribution in [3.05, 3.63) is 39.4 Å². The molecular weight excluding hydrogens is 348 g/mol. The van der Waals surface area contributed by atoms with Crippen LogP contribution >= 0.6 is 0 Å². The molecule has 1 aliphatic rings. The number of rotatable bonds is 3. The number of aliphatic hydroxyl groups excluding tert-OH is 1. The van der Waals surface area contributed by atoms with Gasteiger partial charge in [-0.05, 0) is 13.0 Å². The summed E-state index contributed by atoms with van der Waals surface area (Å²) in [6.07, 6.45) is 1.25. The fourth-order valence-corrected chi connectivity index (χ4v) is 2.86. The van der Waals surface area contributed by atoms with Gasteiger partial charge in [-0.2, -0.15) is 0 Å². The number of methoxy groups -OCH3 is 1. The first kappa shape index (κ1) is 17.4. The number of aromatic carboxylic acids is 1. The molecule has 0 saturated heterocycles. The van der Waals surface area contributed by atoms with Gasteiger partial charge in [-0.15, -0.1) is 0 Å². The number of hydrogen-bond donors (Lipinski definition) is 4. The van der Waals surface area contributed by atoms with E-state index in [-0.39, 0.29) is 17.1 Å². The Hall–Kier alpha value is -3.46. The van der Waals surface area contributed by atoms with Gasteiger partial charge in [0.15, 0.2) is 11.5 Å². The van der Waals surface area contributed by atoms with E-state index < -0.39 is 51.8 Å². The van der Waals surface area contributed by atoms with Crippen LogP contribution in [0.4, 0.5) is 0 Å². The first-order valence-electron chi connectivity index (χ1n) is 7.36. The number of carboxylic acid groups (broad SMARTS) is 1. The van der Waals surface area contributed by atoms with E-state index in [9.17, 15) is 30.0 Å². The molecule has 0 saturated carbocycles. The average Bonchev–Trinajstić information content (AvgIpc) is 2.57. The number of aliphatic hydroxyl groups is 1. The minimum absolute atomic E-state index is 0.127. The fraction of sp³-hybridized carbons (Fsp3) is 0.176. The third-order valence-corrected chi connectivity index (χ3v) is 3.86. The van der Waals surface area contributed by atoms with Crippen LogP contribution in [0.2, 0.25) is 0 Å². The summed E-state index contributed by atoms with van der Waals surface area (Å²) in [4.78, 5) is 24.0. The molecule has 9 heteroatoms. The van der Waals surface area contributed by atoms with Gasteiger partial charge in [0.05, 0.1) is 12.7 Å². The Balaban J connectivity index is 2.48. The number of carbonyl (C=O) groups is 1. The van der Waals surface area contributed by atoms with Crippen molar-refractivity contribution in [2.75, 3.05) is 7.11 Å². The largest absolute Gasteiger partial charge is 0.504 e. The maximum Gasteiger partial charge on any atom is 0.348 e. The molecule has 3 rings (SSSR count). The number of benzene rings is 1. The molecule has 0 radical (unpaired) electrons. The maximum atomic E-state index is 12.4. The molecule has 1 atom stereocenters. The molecule has 2 heterocycles. The first-order chi connectivity index (χ1) is 12.3. The SMILES string of the molecule is C/C=C/c1cc2c(c(=O)o1)-c1c(O)c(O)c(OC)c(C(=O)O)c1[C@H](O)O2. The standard InChI is InChI=1S/C17H14O9/c1-3-4-6-5-7-8(16(22)25-6)9-10(17(23)26-7)11(15(20)21)14(24-2)13(19)12(9)18/h3-5,17-19,23H,1-2H3,(H,20,21)/b4-3+/t17-/m1/s1. The molecule has 4 N–H and O–H groups in total. The van der Waals surface area contributed by atoms with Gasteiger partial charge >= 0.3 is 11.6 Å². The summed E-state index contributed by atoms with van der Waals surface area (Å²) >= 11 is 0. The van der Waals surface area contributed by atoms with E-state index in [0.717, 1.165) is 7.11 Å². The van der Waals surface area contributed by atoms with Crippen molar-refractivity contribution in [3.8, 4) is 34.1 Å². The average molecular weight is 362 g/mol. The predicted molar refractivity (Wildman–Crippen MR) is 87.6 cm³/mol. The van der Waals surface area contributed by atoms with Crippen molar-refractivity contribution < 1.29 is 39.1 Å². The van der Waals surface area contributed by atoms with E-state index in [0.29, 0.717) is 0 Å². The van der Waals surface area contributed by atoms with E-state index >= 15 is 0 Å². The summed E-state index contributed by atoms with van der Waals surface area (Å²) in [6, 6.07) is 1.30. The van der Waals surface area contributed by atoms with Gasteiger partial charge in [-0.25, -0.2) is 9.59 Å². The summed E-state index contributed by atoms with van der Waals surface area (Å²) < 4.78 is 15.2. The summed E-state index contributed by atoms with van der Waals surface area (Å²) in [5, 5.41) is 40.2. The van der Waals surface area contributed by atoms with Crippen LogP contribution in [0.3, 0.4) is 0 Å². The zero-order valence-electron chi connectivity index (χ0n) is 13.6. The Bertz CT molecular complexity index is 1000. The van der Waals surface area contributed by atoms with Crippen LogP contribution in [0.1, 0.15) is 34.9 Å². The zero-order valence-corrected chi connectivity index (χ0v) is 13.6. The highest BCUT2D eigenvalue weighted by molar-refractivity contribution is 6.00. The van der Waals surface area contributed by atoms with Gasteiger partial charge in [0.2, 0.25) is 12.0 Å². The summed E-state index contributed by atoms with van der Waals surface area (Å²) in [7, 11) is 1.08. The lowest BCUT2D eigenvalue weighted by molar-refractivity contribution is -0.0232. The lowest BCUT2D eigenvalue weighted by atomic mass is 9.90. The van der Waals surface area contributed by atoms with Crippen LogP contribution in [0.15, 0.2) is 21.4 Å². The van der Waals surface area contributed by atoms with E-state index in [1.54, 1.807) is 13.0 Å². The van der Waals surface area contributed by atoms with Crippen molar-refractivity contribution in [3.63, 3.8) is 0 Å². The van der Waals surface area contributed by atoms with Crippen LogP contribution in [0.5, 0.6) is 23.0 Å². The Morgan fingerprint density at radius 1 is 1.27 bits per heavy atom. The summed E-state index contributed by atoms with van der Waals surface area (Å²) in [5.74, 6) is -3.87. The normalized spacial score (nSPS) is 15.3. The van der Waals surface area contributed by atoms with Crippen molar-refractivity contribution in [1.82, 2.24) is 0 Å². The summed E-state index contributed by atoms with van der Waals surface area (Å²) in [6.45, 7) is 1.69. The highest BCUT2D eigenvalue weighted by atomic mass is 16.6. The minimum Gasteiger partial charge on any atom is -0.504 e. The molecule has 9 nitrogen and oxygen atoms in total. The number of hydrogen-bond acceptors (Lipinski definition) is 8. The molecule has 0 unspecified atom stereocenters. The molecule has 0 bridgehead atoms. The third-order valence-electron chi connectivity index (χ3n) is 3.86. The minimum atomic E-state index is -1.83. The third kappa shape index (κ3) is 2.37. The Morgan fingerprint density at radius 2 is 1.96 bits per heavy atom. The van der Waals surface area contributed by atoms with Crippen molar-refractivity contribution >= 4 is 12.0 Å². The monoisotopic (exact) mass is 362 g/mol. The van der Waals surface area contributed by atoms with E-state index in [4.69, 9.17) is 13.9 Å². The molecule has 1 aliphatic heterocycles. The molecular formula is C17H14O9.